The van der Waals surface area contributed by atoms with Gasteiger partial charge in [0.1, 0.15) is 6.61 Å². The Balaban J connectivity index is 2.72. The molecule has 0 spiro atoms. The third kappa shape index (κ3) is 5.19. The molecule has 0 aliphatic carbocycles. The number of rotatable bonds is 10. The molecule has 1 aromatic carbocycles. The molecule has 1 heterocycles. The van der Waals surface area contributed by atoms with Crippen LogP contribution in [-0.2, 0) is 14.3 Å². The minimum atomic E-state index is -0.611. The molecule has 1 aliphatic rings. The number of benzene rings is 1. The van der Waals surface area contributed by atoms with Crippen molar-refractivity contribution in [1.29, 1.82) is 5.26 Å². The predicted molar refractivity (Wildman–Crippen MR) is 119 cm³/mol. The van der Waals surface area contributed by atoms with Gasteiger partial charge in [-0.05, 0) is 32.3 Å². The van der Waals surface area contributed by atoms with Crippen molar-refractivity contribution in [1.82, 2.24) is 4.90 Å². The van der Waals surface area contributed by atoms with Crippen LogP contribution in [0.5, 0.6) is 0 Å². The molecule has 9 heteroatoms. The first-order valence-corrected chi connectivity index (χ1v) is 10.6. The zero-order chi connectivity index (χ0) is 23.8. The molecule has 2 rings (SSSR count). The molecule has 2 unspecified atom stereocenters. The normalized spacial score (nSPS) is 18.1. The second-order valence-corrected chi connectivity index (χ2v) is 7.63. The summed E-state index contributed by atoms with van der Waals surface area (Å²) >= 11 is 0. The van der Waals surface area contributed by atoms with Gasteiger partial charge in [0.2, 0.25) is 6.41 Å². The summed E-state index contributed by atoms with van der Waals surface area (Å²) in [5, 5.41) is 19.9. The summed E-state index contributed by atoms with van der Waals surface area (Å²) in [6, 6.07) is 7.19. The van der Waals surface area contributed by atoms with Crippen LogP contribution < -0.4 is 0 Å². The molecule has 32 heavy (non-hydrogen) atoms. The van der Waals surface area contributed by atoms with Gasteiger partial charge in [-0.1, -0.05) is 26.0 Å². The van der Waals surface area contributed by atoms with Crippen molar-refractivity contribution in [2.24, 2.45) is 4.99 Å². The maximum absolute atomic E-state index is 13.1. The number of ether oxygens (including phenoxy) is 1. The molecule has 0 aromatic heterocycles. The third-order valence-electron chi connectivity index (χ3n) is 5.42. The van der Waals surface area contributed by atoms with Crippen LogP contribution >= 0.6 is 0 Å². The number of nitro benzene ring substituents is 1. The Bertz CT molecular complexity index is 960. The van der Waals surface area contributed by atoms with Crippen molar-refractivity contribution in [2.75, 3.05) is 6.61 Å². The number of nitrogens with zero attached hydrogens (tertiary/aromatic N) is 4. The van der Waals surface area contributed by atoms with Crippen LogP contribution in [0.25, 0.3) is 0 Å². The predicted octanol–water partition coefficient (Wildman–Crippen LogP) is 3.90. The SMILES string of the molecule is CCC1=NC(CC)=C(C(=O)OCCC#N)C(c2ccc([N+](=O)[O-])cc2)C1N(C=O)C(C)C. The monoisotopic (exact) mass is 440 g/mol. The first kappa shape index (κ1) is 24.7. The van der Waals surface area contributed by atoms with Crippen molar-refractivity contribution < 1.29 is 19.2 Å². The minimum Gasteiger partial charge on any atom is -0.461 e. The van der Waals surface area contributed by atoms with E-state index >= 15 is 0 Å². The summed E-state index contributed by atoms with van der Waals surface area (Å²) < 4.78 is 5.36. The van der Waals surface area contributed by atoms with E-state index in [-0.39, 0.29) is 24.8 Å². The Morgan fingerprint density at radius 2 is 1.97 bits per heavy atom. The maximum atomic E-state index is 13.1. The van der Waals surface area contributed by atoms with E-state index in [4.69, 9.17) is 15.0 Å². The van der Waals surface area contributed by atoms with Gasteiger partial charge in [-0.3, -0.25) is 19.9 Å². The zero-order valence-electron chi connectivity index (χ0n) is 18.8. The summed E-state index contributed by atoms with van der Waals surface area (Å²) in [6.07, 6.45) is 1.83. The van der Waals surface area contributed by atoms with Gasteiger partial charge in [-0.25, -0.2) is 4.79 Å². The number of carbonyl (C=O) groups excluding carboxylic acids is 2. The lowest BCUT2D eigenvalue weighted by Gasteiger charge is -2.41. The summed E-state index contributed by atoms with van der Waals surface area (Å²) in [4.78, 5) is 42.2. The van der Waals surface area contributed by atoms with Gasteiger partial charge in [0.05, 0.1) is 34.7 Å². The van der Waals surface area contributed by atoms with Crippen molar-refractivity contribution in [3.63, 3.8) is 0 Å². The molecule has 170 valence electrons. The van der Waals surface area contributed by atoms with E-state index in [2.05, 4.69) is 0 Å². The number of hydrogen-bond donors (Lipinski definition) is 0. The van der Waals surface area contributed by atoms with Crippen molar-refractivity contribution >= 4 is 23.8 Å². The lowest BCUT2D eigenvalue weighted by atomic mass is 9.77. The van der Waals surface area contributed by atoms with Crippen LogP contribution in [0.15, 0.2) is 40.5 Å². The van der Waals surface area contributed by atoms with E-state index in [1.807, 2.05) is 33.8 Å². The highest BCUT2D eigenvalue weighted by molar-refractivity contribution is 6.00. The van der Waals surface area contributed by atoms with Crippen molar-refractivity contribution in [2.45, 2.75) is 65.0 Å². The molecule has 0 radical (unpaired) electrons. The number of non-ortho nitro benzene ring substituents is 1. The molecule has 9 nitrogen and oxygen atoms in total. The van der Waals surface area contributed by atoms with Gasteiger partial charge >= 0.3 is 5.97 Å². The fraction of sp³-hybridized carbons (Fsp3) is 0.478. The molecule has 0 saturated heterocycles. The molecule has 0 N–H and O–H groups in total. The van der Waals surface area contributed by atoms with Crippen molar-refractivity contribution in [3.8, 4) is 6.07 Å². The molecule has 0 saturated carbocycles. The highest BCUT2D eigenvalue weighted by Crippen LogP contribution is 2.40. The van der Waals surface area contributed by atoms with Gasteiger partial charge < -0.3 is 9.64 Å². The van der Waals surface area contributed by atoms with Gasteiger partial charge in [0.25, 0.3) is 5.69 Å². The molecule has 1 amide bonds. The number of nitro groups is 1. The van der Waals surface area contributed by atoms with E-state index in [1.54, 1.807) is 17.0 Å². The molecule has 0 bridgehead atoms. The number of allylic oxidation sites excluding steroid dienone is 1. The van der Waals surface area contributed by atoms with E-state index in [1.165, 1.54) is 12.1 Å². The van der Waals surface area contributed by atoms with Crippen LogP contribution in [-0.4, -0.2) is 46.6 Å². The molecule has 2 atom stereocenters. The maximum Gasteiger partial charge on any atom is 0.336 e. The topological polar surface area (TPSA) is 126 Å². The van der Waals surface area contributed by atoms with Crippen LogP contribution in [0.2, 0.25) is 0 Å². The standard InChI is InChI=1S/C23H28N4O5/c1-5-18-21(23(29)32-13-7-12-24)20(16-8-10-17(11-9-16)27(30)31)22(19(6-2)25-18)26(14-28)15(3)4/h8-11,14-15,20,22H,5-7,13H2,1-4H3. The van der Waals surface area contributed by atoms with Gasteiger partial charge in [0.15, 0.2) is 0 Å². The summed E-state index contributed by atoms with van der Waals surface area (Å²) in [5.74, 6) is -1.21. The van der Waals surface area contributed by atoms with Gasteiger partial charge in [0, 0.05) is 29.8 Å². The second-order valence-electron chi connectivity index (χ2n) is 7.63. The van der Waals surface area contributed by atoms with Gasteiger partial charge in [-0.2, -0.15) is 5.26 Å². The molecule has 0 fully saturated rings. The fourth-order valence-electron chi connectivity index (χ4n) is 3.90. The Morgan fingerprint density at radius 3 is 2.44 bits per heavy atom. The fourth-order valence-corrected chi connectivity index (χ4v) is 3.90. The molecule has 1 aromatic rings. The van der Waals surface area contributed by atoms with Crippen LogP contribution in [0.1, 0.15) is 58.4 Å². The summed E-state index contributed by atoms with van der Waals surface area (Å²) in [6.45, 7) is 7.50. The Morgan fingerprint density at radius 1 is 1.31 bits per heavy atom. The summed E-state index contributed by atoms with van der Waals surface area (Å²) in [5.41, 5.74) is 2.19. The number of carbonyl (C=O) groups is 2. The Hall–Kier alpha value is -3.54. The Kier molecular flexibility index (Phi) is 8.64. The average Bonchev–Trinajstić information content (AvgIpc) is 2.78. The first-order chi connectivity index (χ1) is 15.3. The Labute approximate surface area is 187 Å². The number of hydrogen-bond acceptors (Lipinski definition) is 7. The highest BCUT2D eigenvalue weighted by atomic mass is 16.6. The van der Waals surface area contributed by atoms with Crippen molar-refractivity contribution in [3.05, 3.63) is 51.2 Å². The number of amides is 1. The number of esters is 1. The van der Waals surface area contributed by atoms with Crippen LogP contribution in [0, 0.1) is 21.4 Å². The molecule has 1 aliphatic heterocycles. The van der Waals surface area contributed by atoms with Crippen LogP contribution in [0.3, 0.4) is 0 Å². The zero-order valence-corrected chi connectivity index (χ0v) is 18.8. The largest absolute Gasteiger partial charge is 0.461 e. The quantitative estimate of drug-likeness (QED) is 0.179. The van der Waals surface area contributed by atoms with Crippen LogP contribution in [0.4, 0.5) is 5.69 Å². The van der Waals surface area contributed by atoms with E-state index < -0.39 is 22.9 Å². The number of aliphatic imine (C=N–C) groups is 1. The molecular formula is C23H28N4O5. The second kappa shape index (κ2) is 11.2. The first-order valence-electron chi connectivity index (χ1n) is 10.6. The summed E-state index contributed by atoms with van der Waals surface area (Å²) in [7, 11) is 0. The minimum absolute atomic E-state index is 0.0562. The van der Waals surface area contributed by atoms with E-state index in [0.29, 0.717) is 29.7 Å². The lowest BCUT2D eigenvalue weighted by Crippen LogP contribution is -2.50. The highest BCUT2D eigenvalue weighted by Gasteiger charge is 2.42. The average molecular weight is 441 g/mol. The van der Waals surface area contributed by atoms with E-state index in [0.717, 1.165) is 12.1 Å². The van der Waals surface area contributed by atoms with E-state index in [9.17, 15) is 19.7 Å². The van der Waals surface area contributed by atoms with Gasteiger partial charge in [-0.15, -0.1) is 0 Å². The molecular weight excluding hydrogens is 412 g/mol. The third-order valence-corrected chi connectivity index (χ3v) is 5.42. The lowest BCUT2D eigenvalue weighted by molar-refractivity contribution is -0.384. The smallest absolute Gasteiger partial charge is 0.336 e. The number of nitriles is 1.